The fraction of sp³-hybridized carbons (Fsp3) is 0.368. The summed E-state index contributed by atoms with van der Waals surface area (Å²) >= 11 is 0. The van der Waals surface area contributed by atoms with Crippen LogP contribution < -0.4 is 4.74 Å². The van der Waals surface area contributed by atoms with Crippen LogP contribution in [0.5, 0.6) is 6.01 Å². The van der Waals surface area contributed by atoms with Gasteiger partial charge in [0.05, 0.1) is 24.4 Å². The highest BCUT2D eigenvalue weighted by Crippen LogP contribution is 2.30. The van der Waals surface area contributed by atoms with Crippen molar-refractivity contribution in [1.82, 2.24) is 15.0 Å². The van der Waals surface area contributed by atoms with E-state index in [1.807, 2.05) is 43.3 Å². The first kappa shape index (κ1) is 15.7. The van der Waals surface area contributed by atoms with E-state index >= 15 is 0 Å². The molecule has 5 rings (SSSR count). The maximum absolute atomic E-state index is 9.83. The summed E-state index contributed by atoms with van der Waals surface area (Å²) in [5, 5.41) is 9.83. The van der Waals surface area contributed by atoms with Crippen LogP contribution in [0, 0.1) is 6.92 Å². The molecule has 1 aromatic carbocycles. The van der Waals surface area contributed by atoms with E-state index < -0.39 is 6.10 Å². The van der Waals surface area contributed by atoms with Crippen molar-refractivity contribution in [1.29, 1.82) is 0 Å². The first-order valence-corrected chi connectivity index (χ1v) is 8.70. The summed E-state index contributed by atoms with van der Waals surface area (Å²) in [6, 6.07) is 12.4. The van der Waals surface area contributed by atoms with Gasteiger partial charge in [0.1, 0.15) is 18.3 Å². The smallest absolute Gasteiger partial charge is 0.296 e. The molecule has 7 heteroatoms. The van der Waals surface area contributed by atoms with E-state index in [4.69, 9.17) is 19.2 Å². The highest BCUT2D eigenvalue weighted by molar-refractivity contribution is 5.78. The van der Waals surface area contributed by atoms with Crippen molar-refractivity contribution in [2.75, 3.05) is 13.2 Å². The molecule has 2 saturated heterocycles. The molecule has 0 aliphatic carbocycles. The molecule has 4 heterocycles. The minimum atomic E-state index is -0.595. The minimum Gasteiger partial charge on any atom is -0.456 e. The van der Waals surface area contributed by atoms with Gasteiger partial charge < -0.3 is 24.3 Å². The molecule has 0 spiro atoms. The Hall–Kier alpha value is -2.48. The Labute approximate surface area is 149 Å². The third kappa shape index (κ3) is 2.56. The van der Waals surface area contributed by atoms with Gasteiger partial charge in [0, 0.05) is 5.56 Å². The van der Waals surface area contributed by atoms with Crippen LogP contribution in [0.25, 0.3) is 22.4 Å². The second-order valence-corrected chi connectivity index (χ2v) is 6.75. The predicted molar refractivity (Wildman–Crippen MR) is 94.0 cm³/mol. The third-order valence-corrected chi connectivity index (χ3v) is 4.93. The number of aliphatic hydroxyl groups is 1. The molecule has 2 N–H and O–H groups in total. The molecule has 0 radical (unpaired) electrons. The molecule has 134 valence electrons. The highest BCUT2D eigenvalue weighted by atomic mass is 16.6. The number of fused-ring (bicyclic) bond motifs is 2. The van der Waals surface area contributed by atoms with Gasteiger partial charge >= 0.3 is 0 Å². The summed E-state index contributed by atoms with van der Waals surface area (Å²) in [6.07, 6.45) is -1.49. The molecule has 4 atom stereocenters. The standard InChI is InChI=1S/C19H19N3O4/c1-10-7-12-18(21-15(10)11-5-3-2-4-6-11)22-19(20-12)26-14-9-25-16-13(23)8-24-17(14)16/h2-7,13-14,16-17,23H,8-9H2,1H3,(H,20,21,22)/t13-,14-,16-,17-/m1/s1. The van der Waals surface area contributed by atoms with Crippen molar-refractivity contribution in [3.63, 3.8) is 0 Å². The Bertz CT molecular complexity index is 943. The average Bonchev–Trinajstić information content (AvgIpc) is 3.32. The van der Waals surface area contributed by atoms with Crippen molar-refractivity contribution in [3.8, 4) is 17.3 Å². The average molecular weight is 353 g/mol. The topological polar surface area (TPSA) is 89.5 Å². The summed E-state index contributed by atoms with van der Waals surface area (Å²) in [4.78, 5) is 12.3. The molecule has 0 unspecified atom stereocenters. The van der Waals surface area contributed by atoms with Gasteiger partial charge in [-0.05, 0) is 18.6 Å². The van der Waals surface area contributed by atoms with Gasteiger partial charge in [-0.3, -0.25) is 0 Å². The number of nitrogens with one attached hydrogen (secondary N) is 1. The van der Waals surface area contributed by atoms with Gasteiger partial charge in [-0.1, -0.05) is 30.3 Å². The summed E-state index contributed by atoms with van der Waals surface area (Å²) in [6.45, 7) is 2.67. The molecular formula is C19H19N3O4. The van der Waals surface area contributed by atoms with Crippen LogP contribution in [-0.4, -0.2) is 57.7 Å². The fourth-order valence-electron chi connectivity index (χ4n) is 3.65. The van der Waals surface area contributed by atoms with E-state index in [2.05, 4.69) is 9.97 Å². The molecule has 0 bridgehead atoms. The molecule has 2 aliphatic heterocycles. The SMILES string of the molecule is Cc1cc2[nH]c(O[C@@H]3CO[C@H]4[C@@H]3OC[C@H]4O)nc2nc1-c1ccccc1. The van der Waals surface area contributed by atoms with Crippen LogP contribution in [0.2, 0.25) is 0 Å². The molecule has 0 amide bonds. The number of hydrogen-bond donors (Lipinski definition) is 2. The Morgan fingerprint density at radius 3 is 2.77 bits per heavy atom. The fourth-order valence-corrected chi connectivity index (χ4v) is 3.65. The lowest BCUT2D eigenvalue weighted by molar-refractivity contribution is 0.00706. The maximum atomic E-state index is 9.83. The summed E-state index contributed by atoms with van der Waals surface area (Å²) < 4.78 is 17.1. The van der Waals surface area contributed by atoms with Crippen LogP contribution in [0.4, 0.5) is 0 Å². The number of benzene rings is 1. The van der Waals surface area contributed by atoms with E-state index in [1.165, 1.54) is 0 Å². The lowest BCUT2D eigenvalue weighted by Crippen LogP contribution is -2.34. The molecule has 2 aromatic heterocycles. The number of aliphatic hydroxyl groups excluding tert-OH is 1. The molecule has 26 heavy (non-hydrogen) atoms. The zero-order valence-corrected chi connectivity index (χ0v) is 14.3. The summed E-state index contributed by atoms with van der Waals surface area (Å²) in [5.74, 6) is 0. The normalized spacial score (nSPS) is 27.8. The maximum Gasteiger partial charge on any atom is 0.296 e. The largest absolute Gasteiger partial charge is 0.456 e. The number of aromatic nitrogens is 3. The quantitative estimate of drug-likeness (QED) is 0.747. The van der Waals surface area contributed by atoms with Gasteiger partial charge in [0.15, 0.2) is 11.8 Å². The van der Waals surface area contributed by atoms with Gasteiger partial charge in [-0.15, -0.1) is 0 Å². The number of nitrogens with zero attached hydrogens (tertiary/aromatic N) is 2. The Kier molecular flexibility index (Phi) is 3.66. The van der Waals surface area contributed by atoms with Crippen molar-refractivity contribution >= 4 is 11.2 Å². The lowest BCUT2D eigenvalue weighted by atomic mass is 10.1. The Balaban J connectivity index is 1.43. The number of H-pyrrole nitrogens is 1. The number of ether oxygens (including phenoxy) is 3. The van der Waals surface area contributed by atoms with Crippen LogP contribution in [0.1, 0.15) is 5.56 Å². The van der Waals surface area contributed by atoms with E-state index in [-0.39, 0.29) is 24.9 Å². The first-order chi connectivity index (χ1) is 12.7. The molecule has 3 aromatic rings. The monoisotopic (exact) mass is 353 g/mol. The molecule has 7 nitrogen and oxygen atoms in total. The highest BCUT2D eigenvalue weighted by Gasteiger charge is 2.48. The Morgan fingerprint density at radius 1 is 1.12 bits per heavy atom. The van der Waals surface area contributed by atoms with E-state index in [9.17, 15) is 5.11 Å². The van der Waals surface area contributed by atoms with Gasteiger partial charge in [-0.2, -0.15) is 4.98 Å². The number of aryl methyl sites for hydroxylation is 1. The van der Waals surface area contributed by atoms with E-state index in [1.54, 1.807) is 0 Å². The van der Waals surface area contributed by atoms with Crippen LogP contribution in [0.3, 0.4) is 0 Å². The zero-order chi connectivity index (χ0) is 17.7. The van der Waals surface area contributed by atoms with Crippen molar-refractivity contribution < 1.29 is 19.3 Å². The molecule has 0 saturated carbocycles. The molecule has 2 aliphatic rings. The van der Waals surface area contributed by atoms with Crippen LogP contribution in [-0.2, 0) is 9.47 Å². The van der Waals surface area contributed by atoms with Crippen LogP contribution >= 0.6 is 0 Å². The zero-order valence-electron chi connectivity index (χ0n) is 14.3. The second kappa shape index (κ2) is 6.05. The molecule has 2 fully saturated rings. The second-order valence-electron chi connectivity index (χ2n) is 6.75. The number of imidazole rings is 1. The van der Waals surface area contributed by atoms with Crippen molar-refractivity contribution in [2.45, 2.75) is 31.3 Å². The lowest BCUT2D eigenvalue weighted by Gasteiger charge is -2.15. The van der Waals surface area contributed by atoms with Gasteiger partial charge in [0.25, 0.3) is 6.01 Å². The third-order valence-electron chi connectivity index (χ3n) is 4.93. The predicted octanol–water partition coefficient (Wildman–Crippen LogP) is 1.84. The van der Waals surface area contributed by atoms with E-state index in [0.717, 1.165) is 22.3 Å². The summed E-state index contributed by atoms with van der Waals surface area (Å²) in [7, 11) is 0. The van der Waals surface area contributed by atoms with Crippen LogP contribution in [0.15, 0.2) is 36.4 Å². The number of hydrogen-bond acceptors (Lipinski definition) is 6. The van der Waals surface area contributed by atoms with Gasteiger partial charge in [-0.25, -0.2) is 4.98 Å². The first-order valence-electron chi connectivity index (χ1n) is 8.70. The summed E-state index contributed by atoms with van der Waals surface area (Å²) in [5.41, 5.74) is 4.44. The van der Waals surface area contributed by atoms with Gasteiger partial charge in [0.2, 0.25) is 0 Å². The minimum absolute atomic E-state index is 0.271. The number of pyridine rings is 1. The molecular weight excluding hydrogens is 334 g/mol. The van der Waals surface area contributed by atoms with Crippen molar-refractivity contribution in [3.05, 3.63) is 42.0 Å². The van der Waals surface area contributed by atoms with E-state index in [0.29, 0.717) is 18.3 Å². The van der Waals surface area contributed by atoms with Crippen molar-refractivity contribution in [2.24, 2.45) is 0 Å². The number of aromatic amines is 1. The Morgan fingerprint density at radius 2 is 1.92 bits per heavy atom. The number of rotatable bonds is 3.